The molecule has 20 heavy (non-hydrogen) atoms. The molecule has 0 aromatic carbocycles. The van der Waals surface area contributed by atoms with Crippen molar-refractivity contribution in [1.29, 1.82) is 0 Å². The number of esters is 1. The van der Waals surface area contributed by atoms with Crippen LogP contribution in [-0.2, 0) is 24.3 Å². The SMILES string of the molecule is COC(=O)CC[C@H](NS(=O)(=O)c1cn[nH]c1C)C(=O)O. The Morgan fingerprint density at radius 1 is 1.55 bits per heavy atom. The number of ether oxygens (including phenoxy) is 1. The van der Waals surface area contributed by atoms with E-state index in [4.69, 9.17) is 5.11 Å². The van der Waals surface area contributed by atoms with Gasteiger partial charge in [0.15, 0.2) is 0 Å². The Balaban J connectivity index is 2.83. The van der Waals surface area contributed by atoms with Crippen LogP contribution in [0, 0.1) is 6.92 Å². The molecule has 0 saturated carbocycles. The van der Waals surface area contributed by atoms with E-state index in [0.29, 0.717) is 0 Å². The van der Waals surface area contributed by atoms with Crippen LogP contribution in [0.3, 0.4) is 0 Å². The number of nitrogens with one attached hydrogen (secondary N) is 2. The fourth-order valence-corrected chi connectivity index (χ4v) is 2.82. The standard InChI is InChI=1S/C10H15N3O6S/c1-6-8(5-11-12-6)20(17,18)13-7(10(15)16)3-4-9(14)19-2/h5,7,13H,3-4H2,1-2H3,(H,11,12)(H,15,16)/t7-/m0/s1. The molecule has 1 aromatic heterocycles. The molecule has 0 amide bonds. The van der Waals surface area contributed by atoms with Crippen molar-refractivity contribution >= 4 is 22.0 Å². The summed E-state index contributed by atoms with van der Waals surface area (Å²) < 4.78 is 30.4. The van der Waals surface area contributed by atoms with Gasteiger partial charge in [0.2, 0.25) is 10.0 Å². The predicted octanol–water partition coefficient (Wildman–Crippen LogP) is -0.597. The summed E-state index contributed by atoms with van der Waals surface area (Å²) in [5, 5.41) is 15.0. The molecule has 9 nitrogen and oxygen atoms in total. The summed E-state index contributed by atoms with van der Waals surface area (Å²) in [6, 6.07) is -1.42. The van der Waals surface area contributed by atoms with Gasteiger partial charge >= 0.3 is 11.9 Å². The molecule has 1 aromatic rings. The van der Waals surface area contributed by atoms with Gasteiger partial charge < -0.3 is 9.84 Å². The number of carbonyl (C=O) groups is 2. The minimum atomic E-state index is -4.02. The van der Waals surface area contributed by atoms with E-state index in [1.165, 1.54) is 6.92 Å². The molecular formula is C10H15N3O6S. The van der Waals surface area contributed by atoms with Gasteiger partial charge in [0.05, 0.1) is 19.0 Å². The van der Waals surface area contributed by atoms with E-state index in [1.54, 1.807) is 0 Å². The van der Waals surface area contributed by atoms with Gasteiger partial charge in [-0.05, 0) is 13.3 Å². The number of carboxylic acid groups (broad SMARTS) is 1. The smallest absolute Gasteiger partial charge is 0.321 e. The molecule has 0 spiro atoms. The summed E-state index contributed by atoms with van der Waals surface area (Å²) >= 11 is 0. The number of aromatic amines is 1. The number of sulfonamides is 1. The normalized spacial score (nSPS) is 12.9. The fourth-order valence-electron chi connectivity index (χ4n) is 1.46. The van der Waals surface area contributed by atoms with Gasteiger partial charge in [0.1, 0.15) is 10.9 Å². The number of aryl methyl sites for hydroxylation is 1. The molecule has 1 heterocycles. The summed E-state index contributed by atoms with van der Waals surface area (Å²) in [6.45, 7) is 1.49. The van der Waals surface area contributed by atoms with Crippen LogP contribution in [-0.4, -0.2) is 48.8 Å². The summed E-state index contributed by atoms with van der Waals surface area (Å²) in [4.78, 5) is 21.9. The maximum atomic E-state index is 12.0. The lowest BCUT2D eigenvalue weighted by Gasteiger charge is -2.13. The van der Waals surface area contributed by atoms with Crippen molar-refractivity contribution in [3.63, 3.8) is 0 Å². The molecule has 0 radical (unpaired) electrons. The van der Waals surface area contributed by atoms with E-state index in [-0.39, 0.29) is 23.4 Å². The van der Waals surface area contributed by atoms with Gasteiger partial charge in [-0.3, -0.25) is 14.7 Å². The molecular weight excluding hydrogens is 290 g/mol. The van der Waals surface area contributed by atoms with Crippen LogP contribution in [0.5, 0.6) is 0 Å². The molecule has 0 aliphatic rings. The van der Waals surface area contributed by atoms with Gasteiger partial charge in [0.25, 0.3) is 0 Å². The maximum absolute atomic E-state index is 12.0. The van der Waals surface area contributed by atoms with Crippen LogP contribution in [0.1, 0.15) is 18.5 Å². The first-order valence-electron chi connectivity index (χ1n) is 5.60. The first-order chi connectivity index (χ1) is 9.27. The van der Waals surface area contributed by atoms with Crippen molar-refractivity contribution in [2.24, 2.45) is 0 Å². The van der Waals surface area contributed by atoms with Crippen molar-refractivity contribution in [2.45, 2.75) is 30.7 Å². The van der Waals surface area contributed by atoms with Crippen molar-refractivity contribution in [1.82, 2.24) is 14.9 Å². The minimum absolute atomic E-state index is 0.137. The van der Waals surface area contributed by atoms with Gasteiger partial charge in [-0.1, -0.05) is 0 Å². The molecule has 10 heteroatoms. The van der Waals surface area contributed by atoms with Crippen molar-refractivity contribution < 1.29 is 27.9 Å². The number of nitrogens with zero attached hydrogens (tertiary/aromatic N) is 1. The second kappa shape index (κ2) is 6.48. The maximum Gasteiger partial charge on any atom is 0.321 e. The molecule has 1 rings (SSSR count). The first kappa shape index (κ1) is 16.1. The van der Waals surface area contributed by atoms with Crippen LogP contribution >= 0.6 is 0 Å². The van der Waals surface area contributed by atoms with Crippen LogP contribution in [0.25, 0.3) is 0 Å². The highest BCUT2D eigenvalue weighted by Crippen LogP contribution is 2.12. The largest absolute Gasteiger partial charge is 0.480 e. The Hall–Kier alpha value is -1.94. The van der Waals surface area contributed by atoms with Crippen LogP contribution < -0.4 is 4.72 Å². The molecule has 3 N–H and O–H groups in total. The third kappa shape index (κ3) is 4.03. The number of methoxy groups -OCH3 is 1. The highest BCUT2D eigenvalue weighted by molar-refractivity contribution is 7.89. The molecule has 1 atom stereocenters. The van der Waals surface area contributed by atoms with Crippen molar-refractivity contribution in [3.05, 3.63) is 11.9 Å². The van der Waals surface area contributed by atoms with Crippen LogP contribution in [0.15, 0.2) is 11.1 Å². The number of aliphatic carboxylic acids is 1. The molecule has 112 valence electrons. The van der Waals surface area contributed by atoms with E-state index < -0.39 is 28.0 Å². The van der Waals surface area contributed by atoms with Gasteiger partial charge in [0, 0.05) is 6.42 Å². The number of carboxylic acids is 1. The topological polar surface area (TPSA) is 138 Å². The van der Waals surface area contributed by atoms with Crippen molar-refractivity contribution in [2.75, 3.05) is 7.11 Å². The highest BCUT2D eigenvalue weighted by Gasteiger charge is 2.27. The summed E-state index contributed by atoms with van der Waals surface area (Å²) in [5.74, 6) is -1.99. The molecule has 0 saturated heterocycles. The van der Waals surface area contributed by atoms with Gasteiger partial charge in [-0.2, -0.15) is 9.82 Å². The second-order valence-electron chi connectivity index (χ2n) is 3.99. The average molecular weight is 305 g/mol. The van der Waals surface area contributed by atoms with E-state index >= 15 is 0 Å². The lowest BCUT2D eigenvalue weighted by Crippen LogP contribution is -2.41. The zero-order valence-electron chi connectivity index (χ0n) is 10.9. The van der Waals surface area contributed by atoms with Gasteiger partial charge in [-0.15, -0.1) is 0 Å². The molecule has 0 aliphatic carbocycles. The Morgan fingerprint density at radius 3 is 2.65 bits per heavy atom. The summed E-state index contributed by atoms with van der Waals surface area (Å²) in [6.07, 6.45) is 0.662. The quantitative estimate of drug-likeness (QED) is 0.572. The zero-order chi connectivity index (χ0) is 15.3. The first-order valence-corrected chi connectivity index (χ1v) is 7.08. The van der Waals surface area contributed by atoms with E-state index in [9.17, 15) is 18.0 Å². The third-order valence-electron chi connectivity index (χ3n) is 2.53. The zero-order valence-corrected chi connectivity index (χ0v) is 11.7. The average Bonchev–Trinajstić information content (AvgIpc) is 2.80. The lowest BCUT2D eigenvalue weighted by atomic mass is 10.2. The van der Waals surface area contributed by atoms with Crippen LogP contribution in [0.2, 0.25) is 0 Å². The number of rotatable bonds is 7. The molecule has 0 unspecified atom stereocenters. The number of carbonyl (C=O) groups excluding carboxylic acids is 1. The number of hydrogen-bond donors (Lipinski definition) is 3. The number of aromatic nitrogens is 2. The Morgan fingerprint density at radius 2 is 2.20 bits per heavy atom. The summed E-state index contributed by atoms with van der Waals surface area (Å²) in [5.41, 5.74) is 0.287. The molecule has 0 fully saturated rings. The fraction of sp³-hybridized carbons (Fsp3) is 0.500. The van der Waals surface area contributed by atoms with Gasteiger partial charge in [-0.25, -0.2) is 8.42 Å². The molecule has 0 aliphatic heterocycles. The van der Waals surface area contributed by atoms with E-state index in [1.807, 2.05) is 4.72 Å². The highest BCUT2D eigenvalue weighted by atomic mass is 32.2. The van der Waals surface area contributed by atoms with E-state index in [2.05, 4.69) is 14.9 Å². The Labute approximate surface area is 115 Å². The minimum Gasteiger partial charge on any atom is -0.480 e. The second-order valence-corrected chi connectivity index (χ2v) is 5.67. The third-order valence-corrected chi connectivity index (χ3v) is 4.12. The Bertz CT molecular complexity index is 594. The monoisotopic (exact) mass is 305 g/mol. The van der Waals surface area contributed by atoms with Crippen LogP contribution in [0.4, 0.5) is 0 Å². The van der Waals surface area contributed by atoms with E-state index in [0.717, 1.165) is 13.3 Å². The Kier molecular flexibility index (Phi) is 5.22. The number of hydrogen-bond acceptors (Lipinski definition) is 6. The lowest BCUT2D eigenvalue weighted by molar-refractivity contribution is -0.142. The number of H-pyrrole nitrogens is 1. The summed E-state index contributed by atoms with van der Waals surface area (Å²) in [7, 11) is -2.86. The molecule has 0 bridgehead atoms. The van der Waals surface area contributed by atoms with Crippen molar-refractivity contribution in [3.8, 4) is 0 Å². The predicted molar refractivity (Wildman–Crippen MR) is 66.3 cm³/mol.